The molecule has 0 aliphatic heterocycles. The maximum atomic E-state index is 11.2. The van der Waals surface area contributed by atoms with Crippen molar-refractivity contribution in [2.75, 3.05) is 5.73 Å². The second kappa shape index (κ2) is 3.74. The maximum Gasteiger partial charge on any atom is 0.253 e. The van der Waals surface area contributed by atoms with Crippen molar-refractivity contribution in [2.24, 2.45) is 0 Å². The number of halogens is 1. The Bertz CT molecular complexity index is 550. The zero-order valence-corrected chi connectivity index (χ0v) is 8.45. The van der Waals surface area contributed by atoms with Crippen LogP contribution in [0.25, 0.3) is 11.4 Å². The minimum atomic E-state index is -0.294. The quantitative estimate of drug-likeness (QED) is 0.770. The lowest BCUT2D eigenvalue weighted by molar-refractivity contribution is 1.14. The fraction of sp³-hybridized carbons (Fsp3) is 0. The van der Waals surface area contributed by atoms with E-state index in [-0.39, 0.29) is 11.4 Å². The summed E-state index contributed by atoms with van der Waals surface area (Å²) in [4.78, 5) is 17.8. The molecule has 0 unspecified atom stereocenters. The second-order valence-corrected chi connectivity index (χ2v) is 3.41. The Morgan fingerprint density at radius 1 is 1.33 bits per heavy atom. The first kappa shape index (κ1) is 9.73. The molecule has 0 spiro atoms. The number of hydrogen-bond donors (Lipinski definition) is 2. The van der Waals surface area contributed by atoms with Gasteiger partial charge in [-0.2, -0.15) is 0 Å². The van der Waals surface area contributed by atoms with Crippen molar-refractivity contribution < 1.29 is 0 Å². The summed E-state index contributed by atoms with van der Waals surface area (Å²) in [5.41, 5.74) is 5.83. The van der Waals surface area contributed by atoms with Crippen molar-refractivity contribution in [1.82, 2.24) is 9.97 Å². The van der Waals surface area contributed by atoms with Gasteiger partial charge in [0.1, 0.15) is 11.6 Å². The molecule has 0 amide bonds. The Kier molecular flexibility index (Phi) is 2.43. The Labute approximate surface area is 90.7 Å². The van der Waals surface area contributed by atoms with Gasteiger partial charge in [0.05, 0.1) is 5.02 Å². The lowest BCUT2D eigenvalue weighted by Gasteiger charge is -2.03. The number of H-pyrrole nitrogens is 1. The zero-order chi connectivity index (χ0) is 10.8. The molecule has 15 heavy (non-hydrogen) atoms. The number of nitrogen functional groups attached to an aromatic ring is 1. The van der Waals surface area contributed by atoms with E-state index in [9.17, 15) is 4.79 Å². The first-order valence-corrected chi connectivity index (χ1v) is 4.66. The molecule has 0 aliphatic carbocycles. The van der Waals surface area contributed by atoms with Crippen LogP contribution in [0.5, 0.6) is 0 Å². The van der Waals surface area contributed by atoms with E-state index in [1.54, 1.807) is 18.2 Å². The highest BCUT2D eigenvalue weighted by atomic mass is 35.5. The van der Waals surface area contributed by atoms with E-state index in [0.29, 0.717) is 16.4 Å². The predicted molar refractivity (Wildman–Crippen MR) is 59.7 cm³/mol. The van der Waals surface area contributed by atoms with Crippen LogP contribution < -0.4 is 11.3 Å². The van der Waals surface area contributed by atoms with Crippen molar-refractivity contribution in [1.29, 1.82) is 0 Å². The van der Waals surface area contributed by atoms with Crippen LogP contribution in [-0.2, 0) is 0 Å². The fourth-order valence-electron chi connectivity index (χ4n) is 1.26. The van der Waals surface area contributed by atoms with Gasteiger partial charge in [-0.3, -0.25) is 4.79 Å². The van der Waals surface area contributed by atoms with Crippen LogP contribution in [0.4, 0.5) is 5.82 Å². The molecule has 1 aromatic heterocycles. The molecular formula is C10H8ClN3O. The molecule has 0 bridgehead atoms. The Balaban J connectivity index is 2.64. The first-order valence-electron chi connectivity index (χ1n) is 4.28. The van der Waals surface area contributed by atoms with Crippen LogP contribution in [-0.4, -0.2) is 9.97 Å². The van der Waals surface area contributed by atoms with Gasteiger partial charge in [-0.25, -0.2) is 4.98 Å². The molecule has 0 saturated heterocycles. The molecular weight excluding hydrogens is 214 g/mol. The highest BCUT2D eigenvalue weighted by Crippen LogP contribution is 2.23. The second-order valence-electron chi connectivity index (χ2n) is 3.00. The van der Waals surface area contributed by atoms with Crippen molar-refractivity contribution in [3.05, 3.63) is 45.7 Å². The van der Waals surface area contributed by atoms with Crippen LogP contribution in [0.1, 0.15) is 0 Å². The van der Waals surface area contributed by atoms with Gasteiger partial charge in [-0.05, 0) is 12.1 Å². The number of aromatic nitrogens is 2. The minimum absolute atomic E-state index is 0.175. The number of benzene rings is 1. The van der Waals surface area contributed by atoms with E-state index in [2.05, 4.69) is 9.97 Å². The lowest BCUT2D eigenvalue weighted by Crippen LogP contribution is -2.09. The van der Waals surface area contributed by atoms with Crippen LogP contribution in [0.15, 0.2) is 35.1 Å². The van der Waals surface area contributed by atoms with Gasteiger partial charge in [-0.1, -0.05) is 23.7 Å². The van der Waals surface area contributed by atoms with Gasteiger partial charge < -0.3 is 10.7 Å². The largest absolute Gasteiger partial charge is 0.383 e. The highest BCUT2D eigenvalue weighted by molar-refractivity contribution is 6.33. The molecule has 76 valence electrons. The van der Waals surface area contributed by atoms with E-state index >= 15 is 0 Å². The summed E-state index contributed by atoms with van der Waals surface area (Å²) in [6.45, 7) is 0. The molecule has 1 aromatic carbocycles. The Morgan fingerprint density at radius 3 is 2.73 bits per heavy atom. The third kappa shape index (κ3) is 1.99. The summed E-state index contributed by atoms with van der Waals surface area (Å²) < 4.78 is 0. The van der Waals surface area contributed by atoms with E-state index in [1.165, 1.54) is 6.07 Å². The predicted octanol–water partition coefficient (Wildman–Crippen LogP) is 1.67. The molecule has 2 aromatic rings. The first-order chi connectivity index (χ1) is 7.16. The third-order valence-corrected chi connectivity index (χ3v) is 2.22. The average Bonchev–Trinajstić information content (AvgIpc) is 2.16. The smallest absolute Gasteiger partial charge is 0.253 e. The van der Waals surface area contributed by atoms with Gasteiger partial charge in [0.2, 0.25) is 0 Å². The summed E-state index contributed by atoms with van der Waals surface area (Å²) >= 11 is 5.96. The van der Waals surface area contributed by atoms with Crippen LogP contribution in [0, 0.1) is 0 Å². The Hall–Kier alpha value is -1.81. The van der Waals surface area contributed by atoms with E-state index < -0.39 is 0 Å². The molecule has 0 aliphatic rings. The van der Waals surface area contributed by atoms with E-state index in [4.69, 9.17) is 17.3 Å². The normalized spacial score (nSPS) is 10.2. The molecule has 5 heteroatoms. The van der Waals surface area contributed by atoms with Gasteiger partial charge in [0.25, 0.3) is 5.56 Å². The monoisotopic (exact) mass is 221 g/mol. The number of rotatable bonds is 1. The number of nitrogens with one attached hydrogen (secondary N) is 1. The van der Waals surface area contributed by atoms with E-state index in [0.717, 1.165) is 0 Å². The summed E-state index contributed by atoms with van der Waals surface area (Å²) in [5, 5.41) is 0.520. The molecule has 2 rings (SSSR count). The lowest BCUT2D eigenvalue weighted by atomic mass is 10.2. The molecule has 0 fully saturated rings. The molecule has 0 radical (unpaired) electrons. The fourth-order valence-corrected chi connectivity index (χ4v) is 1.48. The number of anilines is 1. The van der Waals surface area contributed by atoms with Gasteiger partial charge >= 0.3 is 0 Å². The summed E-state index contributed by atoms with van der Waals surface area (Å²) in [6.07, 6.45) is 0. The Morgan fingerprint density at radius 2 is 2.07 bits per heavy atom. The van der Waals surface area contributed by atoms with Crippen molar-refractivity contribution in [3.63, 3.8) is 0 Å². The molecule has 0 saturated carbocycles. The van der Waals surface area contributed by atoms with Crippen LogP contribution >= 0.6 is 11.6 Å². The number of aromatic amines is 1. The molecule has 4 nitrogen and oxygen atoms in total. The topological polar surface area (TPSA) is 71.8 Å². The average molecular weight is 222 g/mol. The van der Waals surface area contributed by atoms with Crippen LogP contribution in [0.3, 0.4) is 0 Å². The van der Waals surface area contributed by atoms with Crippen molar-refractivity contribution in [3.8, 4) is 11.4 Å². The summed E-state index contributed by atoms with van der Waals surface area (Å²) in [5.74, 6) is 0.555. The summed E-state index contributed by atoms with van der Waals surface area (Å²) in [7, 11) is 0. The highest BCUT2D eigenvalue weighted by Gasteiger charge is 2.05. The maximum absolute atomic E-state index is 11.2. The molecule has 1 heterocycles. The summed E-state index contributed by atoms with van der Waals surface area (Å²) in [6, 6.07) is 8.32. The third-order valence-electron chi connectivity index (χ3n) is 1.89. The van der Waals surface area contributed by atoms with Gasteiger partial charge in [0, 0.05) is 11.6 Å². The zero-order valence-electron chi connectivity index (χ0n) is 7.70. The van der Waals surface area contributed by atoms with Gasteiger partial charge in [-0.15, -0.1) is 0 Å². The number of hydrogen-bond acceptors (Lipinski definition) is 3. The van der Waals surface area contributed by atoms with Crippen molar-refractivity contribution >= 4 is 17.4 Å². The number of nitrogens with zero attached hydrogens (tertiary/aromatic N) is 1. The van der Waals surface area contributed by atoms with E-state index in [1.807, 2.05) is 6.07 Å². The standard InChI is InChI=1S/C10H8ClN3O/c11-7-4-2-1-3-6(7)10-13-8(12)5-9(15)14-10/h1-5H,(H3,12,13,14,15). The molecule has 3 N–H and O–H groups in total. The molecule has 0 atom stereocenters. The SMILES string of the molecule is Nc1cc(=O)[nH]c(-c2ccccc2Cl)n1. The van der Waals surface area contributed by atoms with Crippen molar-refractivity contribution in [2.45, 2.75) is 0 Å². The number of nitrogens with two attached hydrogens (primary N) is 1. The minimum Gasteiger partial charge on any atom is -0.383 e. The van der Waals surface area contributed by atoms with Crippen LogP contribution in [0.2, 0.25) is 5.02 Å². The van der Waals surface area contributed by atoms with Gasteiger partial charge in [0.15, 0.2) is 0 Å².